The van der Waals surface area contributed by atoms with Crippen LogP contribution in [-0.2, 0) is 6.42 Å². The predicted molar refractivity (Wildman–Crippen MR) is 76.3 cm³/mol. The molecule has 0 bridgehead atoms. The van der Waals surface area contributed by atoms with Gasteiger partial charge >= 0.3 is 0 Å². The van der Waals surface area contributed by atoms with Crippen LogP contribution in [0.1, 0.15) is 46.1 Å². The minimum absolute atomic E-state index is 0.158. The molecule has 102 valence electrons. The quantitative estimate of drug-likeness (QED) is 0.767. The molecule has 0 saturated heterocycles. The van der Waals surface area contributed by atoms with Crippen LogP contribution in [0.2, 0.25) is 0 Å². The van der Waals surface area contributed by atoms with E-state index in [0.29, 0.717) is 6.04 Å². The topological polar surface area (TPSA) is 12.0 Å². The van der Waals surface area contributed by atoms with Gasteiger partial charge < -0.3 is 5.32 Å². The summed E-state index contributed by atoms with van der Waals surface area (Å²) in [5, 5.41) is 3.52. The minimum Gasteiger partial charge on any atom is -0.314 e. The van der Waals surface area contributed by atoms with Gasteiger partial charge in [0.25, 0.3) is 0 Å². The van der Waals surface area contributed by atoms with Gasteiger partial charge in [-0.05, 0) is 55.8 Å². The van der Waals surface area contributed by atoms with Crippen LogP contribution in [0.3, 0.4) is 0 Å². The molecular weight excluding hydrogens is 225 g/mol. The van der Waals surface area contributed by atoms with E-state index in [-0.39, 0.29) is 11.2 Å². The molecule has 0 radical (unpaired) electrons. The van der Waals surface area contributed by atoms with Crippen molar-refractivity contribution in [3.8, 4) is 0 Å². The number of benzene rings is 1. The van der Waals surface area contributed by atoms with Crippen molar-refractivity contribution in [2.45, 2.75) is 53.0 Å². The molecule has 1 N–H and O–H groups in total. The average Bonchev–Trinajstić information content (AvgIpc) is 2.28. The maximum Gasteiger partial charge on any atom is 0.123 e. The van der Waals surface area contributed by atoms with Gasteiger partial charge in [0.15, 0.2) is 0 Å². The average molecular weight is 251 g/mol. The Morgan fingerprint density at radius 2 is 1.83 bits per heavy atom. The summed E-state index contributed by atoms with van der Waals surface area (Å²) in [6.45, 7) is 10.1. The first-order valence-corrected chi connectivity index (χ1v) is 6.91. The zero-order chi connectivity index (χ0) is 13.6. The third kappa shape index (κ3) is 5.63. The Hall–Kier alpha value is -0.890. The summed E-state index contributed by atoms with van der Waals surface area (Å²) in [6, 6.07) is 7.40. The van der Waals surface area contributed by atoms with Crippen LogP contribution in [-0.4, -0.2) is 12.6 Å². The van der Waals surface area contributed by atoms with E-state index in [1.54, 1.807) is 12.1 Å². The first kappa shape index (κ1) is 15.2. The minimum atomic E-state index is -0.158. The molecule has 1 rings (SSSR count). The monoisotopic (exact) mass is 251 g/mol. The van der Waals surface area contributed by atoms with Crippen molar-refractivity contribution >= 4 is 0 Å². The van der Waals surface area contributed by atoms with Crippen LogP contribution in [0.4, 0.5) is 4.39 Å². The zero-order valence-electron chi connectivity index (χ0n) is 12.1. The van der Waals surface area contributed by atoms with E-state index in [1.807, 2.05) is 12.1 Å². The molecule has 2 heteroatoms. The van der Waals surface area contributed by atoms with E-state index in [2.05, 4.69) is 33.0 Å². The van der Waals surface area contributed by atoms with Crippen LogP contribution in [0, 0.1) is 11.2 Å². The van der Waals surface area contributed by atoms with E-state index in [4.69, 9.17) is 0 Å². The number of halogens is 1. The Bertz CT molecular complexity index is 343. The Balaban J connectivity index is 2.50. The summed E-state index contributed by atoms with van der Waals surface area (Å²) in [5.74, 6) is -0.158. The molecule has 1 aromatic rings. The van der Waals surface area contributed by atoms with E-state index in [9.17, 15) is 4.39 Å². The third-order valence-electron chi connectivity index (χ3n) is 3.20. The second-order valence-corrected chi connectivity index (χ2v) is 6.03. The number of rotatable bonds is 7. The van der Waals surface area contributed by atoms with Gasteiger partial charge in [0.05, 0.1) is 0 Å². The van der Waals surface area contributed by atoms with E-state index < -0.39 is 0 Å². The van der Waals surface area contributed by atoms with Crippen molar-refractivity contribution in [2.75, 3.05) is 6.54 Å². The summed E-state index contributed by atoms with van der Waals surface area (Å²) < 4.78 is 12.9. The van der Waals surface area contributed by atoms with Crippen molar-refractivity contribution in [2.24, 2.45) is 5.41 Å². The van der Waals surface area contributed by atoms with Gasteiger partial charge in [-0.2, -0.15) is 0 Å². The van der Waals surface area contributed by atoms with Gasteiger partial charge in [-0.1, -0.05) is 32.9 Å². The lowest BCUT2D eigenvalue weighted by Gasteiger charge is -2.28. The summed E-state index contributed by atoms with van der Waals surface area (Å²) >= 11 is 0. The molecule has 1 unspecified atom stereocenters. The van der Waals surface area contributed by atoms with Crippen LogP contribution < -0.4 is 5.32 Å². The van der Waals surface area contributed by atoms with E-state index in [1.165, 1.54) is 12.0 Å². The van der Waals surface area contributed by atoms with Gasteiger partial charge in [-0.25, -0.2) is 4.39 Å². The lowest BCUT2D eigenvalue weighted by Crippen LogP contribution is -2.32. The SMILES string of the molecule is CCCNC(C)CC(C)(C)Cc1ccc(F)cc1. The Morgan fingerprint density at radius 1 is 1.22 bits per heavy atom. The maximum absolute atomic E-state index is 12.9. The largest absolute Gasteiger partial charge is 0.314 e. The molecule has 0 amide bonds. The predicted octanol–water partition coefficient (Wildman–Crippen LogP) is 4.17. The fourth-order valence-corrected chi connectivity index (χ4v) is 2.52. The highest BCUT2D eigenvalue weighted by atomic mass is 19.1. The van der Waals surface area contributed by atoms with Crippen molar-refractivity contribution in [3.05, 3.63) is 35.6 Å². The molecule has 0 heterocycles. The van der Waals surface area contributed by atoms with Crippen LogP contribution >= 0.6 is 0 Å². The molecule has 0 spiro atoms. The van der Waals surface area contributed by atoms with E-state index in [0.717, 1.165) is 19.4 Å². The number of nitrogens with one attached hydrogen (secondary N) is 1. The molecule has 0 aromatic heterocycles. The molecular formula is C16H26FN. The van der Waals surface area contributed by atoms with Gasteiger partial charge in [-0.3, -0.25) is 0 Å². The fraction of sp³-hybridized carbons (Fsp3) is 0.625. The number of hydrogen-bond acceptors (Lipinski definition) is 1. The summed E-state index contributed by atoms with van der Waals surface area (Å²) in [7, 11) is 0. The van der Waals surface area contributed by atoms with Gasteiger partial charge in [0.2, 0.25) is 0 Å². The lowest BCUT2D eigenvalue weighted by molar-refractivity contribution is 0.287. The van der Waals surface area contributed by atoms with Gasteiger partial charge in [0.1, 0.15) is 5.82 Å². The highest BCUT2D eigenvalue weighted by molar-refractivity contribution is 5.17. The first-order valence-electron chi connectivity index (χ1n) is 6.91. The van der Waals surface area contributed by atoms with Crippen molar-refractivity contribution in [1.29, 1.82) is 0 Å². The van der Waals surface area contributed by atoms with E-state index >= 15 is 0 Å². The standard InChI is InChI=1S/C16H26FN/c1-5-10-18-13(2)11-16(3,4)12-14-6-8-15(17)9-7-14/h6-9,13,18H,5,10-12H2,1-4H3. The zero-order valence-corrected chi connectivity index (χ0v) is 12.1. The van der Waals surface area contributed by atoms with Crippen molar-refractivity contribution in [3.63, 3.8) is 0 Å². The van der Waals surface area contributed by atoms with Crippen LogP contribution in [0.5, 0.6) is 0 Å². The van der Waals surface area contributed by atoms with Crippen molar-refractivity contribution in [1.82, 2.24) is 5.32 Å². The smallest absolute Gasteiger partial charge is 0.123 e. The summed E-state index contributed by atoms with van der Waals surface area (Å²) in [6.07, 6.45) is 3.29. The molecule has 1 atom stereocenters. The lowest BCUT2D eigenvalue weighted by atomic mass is 9.80. The second-order valence-electron chi connectivity index (χ2n) is 6.03. The summed E-state index contributed by atoms with van der Waals surface area (Å²) in [5.41, 5.74) is 1.45. The van der Waals surface area contributed by atoms with Crippen LogP contribution in [0.25, 0.3) is 0 Å². The molecule has 1 nitrogen and oxygen atoms in total. The Labute approximate surface area is 111 Å². The van der Waals surface area contributed by atoms with Gasteiger partial charge in [-0.15, -0.1) is 0 Å². The Kier molecular flexibility index (Phi) is 5.80. The normalized spacial score (nSPS) is 13.6. The number of hydrogen-bond donors (Lipinski definition) is 1. The molecule has 0 saturated carbocycles. The van der Waals surface area contributed by atoms with Crippen molar-refractivity contribution < 1.29 is 4.39 Å². The molecule has 0 aliphatic rings. The first-order chi connectivity index (χ1) is 8.43. The summed E-state index contributed by atoms with van der Waals surface area (Å²) in [4.78, 5) is 0. The van der Waals surface area contributed by atoms with Crippen LogP contribution in [0.15, 0.2) is 24.3 Å². The molecule has 0 aliphatic heterocycles. The third-order valence-corrected chi connectivity index (χ3v) is 3.20. The highest BCUT2D eigenvalue weighted by Crippen LogP contribution is 2.27. The van der Waals surface area contributed by atoms with Gasteiger partial charge in [0, 0.05) is 6.04 Å². The highest BCUT2D eigenvalue weighted by Gasteiger charge is 2.21. The molecule has 0 fully saturated rings. The molecule has 18 heavy (non-hydrogen) atoms. The maximum atomic E-state index is 12.9. The molecule has 1 aromatic carbocycles. The molecule has 0 aliphatic carbocycles. The second kappa shape index (κ2) is 6.89. The fourth-order valence-electron chi connectivity index (χ4n) is 2.52. The Morgan fingerprint density at radius 3 is 2.39 bits per heavy atom.